The Bertz CT molecular complexity index is 587. The van der Waals surface area contributed by atoms with Gasteiger partial charge in [-0.05, 0) is 24.1 Å². The summed E-state index contributed by atoms with van der Waals surface area (Å²) in [5.41, 5.74) is 2.02. The van der Waals surface area contributed by atoms with Crippen molar-refractivity contribution in [1.29, 1.82) is 0 Å². The van der Waals surface area contributed by atoms with Crippen molar-refractivity contribution in [3.8, 4) is 0 Å². The average Bonchev–Trinajstić information content (AvgIpc) is 2.90. The summed E-state index contributed by atoms with van der Waals surface area (Å²) in [6, 6.07) is 11.7. The van der Waals surface area contributed by atoms with E-state index in [2.05, 4.69) is 10.4 Å². The van der Waals surface area contributed by atoms with Crippen LogP contribution in [0.2, 0.25) is 0 Å². The first-order valence-corrected chi connectivity index (χ1v) is 6.72. The number of aromatic nitrogens is 2. The van der Waals surface area contributed by atoms with Crippen LogP contribution in [-0.4, -0.2) is 15.7 Å². The minimum atomic E-state index is -0.0955. The molecule has 0 aliphatic rings. The zero-order chi connectivity index (χ0) is 14.4. The largest absolute Gasteiger partial charge is 0.344 e. The van der Waals surface area contributed by atoms with E-state index in [0.29, 0.717) is 0 Å². The summed E-state index contributed by atoms with van der Waals surface area (Å²) in [6.07, 6.45) is 5.94. The predicted octanol–water partition coefficient (Wildman–Crippen LogP) is 2.70. The number of nitrogens with zero attached hydrogens (tertiary/aromatic N) is 2. The zero-order valence-electron chi connectivity index (χ0n) is 11.8. The van der Waals surface area contributed by atoms with Crippen molar-refractivity contribution in [3.05, 3.63) is 59.9 Å². The third kappa shape index (κ3) is 3.57. The van der Waals surface area contributed by atoms with Gasteiger partial charge in [0.1, 0.15) is 0 Å². The lowest BCUT2D eigenvalue weighted by atomic mass is 10.1. The van der Waals surface area contributed by atoms with Crippen LogP contribution in [0.4, 0.5) is 0 Å². The number of amides is 1. The van der Waals surface area contributed by atoms with Gasteiger partial charge < -0.3 is 5.32 Å². The molecule has 0 fully saturated rings. The van der Waals surface area contributed by atoms with Gasteiger partial charge in [-0.1, -0.05) is 37.3 Å². The fourth-order valence-electron chi connectivity index (χ4n) is 2.07. The highest BCUT2D eigenvalue weighted by atomic mass is 16.1. The number of rotatable bonds is 5. The molecule has 1 amide bonds. The van der Waals surface area contributed by atoms with Gasteiger partial charge in [0, 0.05) is 19.3 Å². The van der Waals surface area contributed by atoms with Gasteiger partial charge in [-0.15, -0.1) is 0 Å². The number of hydrogen-bond donors (Lipinski definition) is 1. The number of benzene rings is 1. The Morgan fingerprint density at radius 1 is 1.35 bits per heavy atom. The summed E-state index contributed by atoms with van der Waals surface area (Å²) in [7, 11) is 1.88. The molecule has 2 aromatic rings. The van der Waals surface area contributed by atoms with Crippen LogP contribution in [0.3, 0.4) is 0 Å². The Kier molecular flexibility index (Phi) is 4.71. The Morgan fingerprint density at radius 3 is 2.70 bits per heavy atom. The van der Waals surface area contributed by atoms with Crippen molar-refractivity contribution >= 4 is 12.0 Å². The number of nitrogens with one attached hydrogen (secondary N) is 1. The van der Waals surface area contributed by atoms with Gasteiger partial charge >= 0.3 is 0 Å². The van der Waals surface area contributed by atoms with E-state index in [0.717, 1.165) is 17.7 Å². The van der Waals surface area contributed by atoms with Crippen LogP contribution in [0.5, 0.6) is 0 Å². The monoisotopic (exact) mass is 269 g/mol. The maximum Gasteiger partial charge on any atom is 0.244 e. The maximum atomic E-state index is 12.0. The zero-order valence-corrected chi connectivity index (χ0v) is 11.8. The molecule has 0 radical (unpaired) electrons. The van der Waals surface area contributed by atoms with Gasteiger partial charge in [0.25, 0.3) is 0 Å². The van der Waals surface area contributed by atoms with Crippen LogP contribution in [0.25, 0.3) is 6.08 Å². The van der Waals surface area contributed by atoms with Crippen molar-refractivity contribution < 1.29 is 4.79 Å². The maximum absolute atomic E-state index is 12.0. The Morgan fingerprint density at radius 2 is 2.10 bits per heavy atom. The van der Waals surface area contributed by atoms with Gasteiger partial charge in [0.15, 0.2) is 0 Å². The van der Waals surface area contributed by atoms with Crippen molar-refractivity contribution in [3.63, 3.8) is 0 Å². The third-order valence-electron chi connectivity index (χ3n) is 3.17. The third-order valence-corrected chi connectivity index (χ3v) is 3.17. The van der Waals surface area contributed by atoms with Crippen molar-refractivity contribution in [2.75, 3.05) is 0 Å². The summed E-state index contributed by atoms with van der Waals surface area (Å²) in [4.78, 5) is 12.0. The van der Waals surface area contributed by atoms with E-state index in [-0.39, 0.29) is 11.9 Å². The second kappa shape index (κ2) is 6.70. The van der Waals surface area contributed by atoms with Crippen molar-refractivity contribution in [1.82, 2.24) is 15.1 Å². The number of carbonyl (C=O) groups excluding carboxylic acids is 1. The first kappa shape index (κ1) is 14.1. The molecule has 20 heavy (non-hydrogen) atoms. The van der Waals surface area contributed by atoms with Crippen molar-refractivity contribution in [2.45, 2.75) is 19.4 Å². The molecule has 0 saturated carbocycles. The predicted molar refractivity (Wildman–Crippen MR) is 79.9 cm³/mol. The van der Waals surface area contributed by atoms with Gasteiger partial charge in [-0.25, -0.2) is 0 Å². The molecule has 1 N–H and O–H groups in total. The lowest BCUT2D eigenvalue weighted by Crippen LogP contribution is -2.27. The molecule has 2 rings (SSSR count). The van der Waals surface area contributed by atoms with Crippen LogP contribution < -0.4 is 5.32 Å². The minimum Gasteiger partial charge on any atom is -0.344 e. The normalized spacial score (nSPS) is 12.5. The van der Waals surface area contributed by atoms with E-state index >= 15 is 0 Å². The smallest absolute Gasteiger partial charge is 0.244 e. The second-order valence-corrected chi connectivity index (χ2v) is 4.59. The van der Waals surface area contributed by atoms with Gasteiger partial charge in [0.2, 0.25) is 5.91 Å². The van der Waals surface area contributed by atoms with Gasteiger partial charge in [-0.2, -0.15) is 5.10 Å². The van der Waals surface area contributed by atoms with Crippen LogP contribution in [0.1, 0.15) is 30.6 Å². The average molecular weight is 269 g/mol. The van der Waals surface area contributed by atoms with Gasteiger partial charge in [0.05, 0.1) is 11.7 Å². The quantitative estimate of drug-likeness (QED) is 0.848. The van der Waals surface area contributed by atoms with Gasteiger partial charge in [-0.3, -0.25) is 9.48 Å². The highest BCUT2D eigenvalue weighted by molar-refractivity contribution is 5.91. The fourth-order valence-corrected chi connectivity index (χ4v) is 2.07. The number of aryl methyl sites for hydroxylation is 1. The van der Waals surface area contributed by atoms with Crippen LogP contribution in [0, 0.1) is 0 Å². The highest BCUT2D eigenvalue weighted by Crippen LogP contribution is 2.15. The minimum absolute atomic E-state index is 0.0181. The summed E-state index contributed by atoms with van der Waals surface area (Å²) >= 11 is 0. The van der Waals surface area contributed by atoms with Crippen LogP contribution in [-0.2, 0) is 11.8 Å². The SMILES string of the molecule is CCC(NC(=O)/C=C/c1ccccc1)c1ccnn1C. The Labute approximate surface area is 119 Å². The van der Waals surface area contributed by atoms with Crippen LogP contribution in [0.15, 0.2) is 48.7 Å². The number of hydrogen-bond acceptors (Lipinski definition) is 2. The topological polar surface area (TPSA) is 46.9 Å². The molecule has 0 saturated heterocycles. The Hall–Kier alpha value is -2.36. The Balaban J connectivity index is 2.00. The molecule has 0 bridgehead atoms. The van der Waals surface area contributed by atoms with E-state index in [4.69, 9.17) is 0 Å². The lowest BCUT2D eigenvalue weighted by molar-refractivity contribution is -0.117. The van der Waals surface area contributed by atoms with E-state index in [1.807, 2.05) is 56.4 Å². The molecular formula is C16H19N3O. The van der Waals surface area contributed by atoms with E-state index in [1.165, 1.54) is 0 Å². The first-order chi connectivity index (χ1) is 9.70. The molecular weight excluding hydrogens is 250 g/mol. The van der Waals surface area contributed by atoms with E-state index < -0.39 is 0 Å². The van der Waals surface area contributed by atoms with Crippen LogP contribution >= 0.6 is 0 Å². The first-order valence-electron chi connectivity index (χ1n) is 6.72. The summed E-state index contributed by atoms with van der Waals surface area (Å²) in [5, 5.41) is 7.13. The molecule has 1 unspecified atom stereocenters. The molecule has 1 atom stereocenters. The molecule has 1 aromatic carbocycles. The second-order valence-electron chi connectivity index (χ2n) is 4.59. The molecule has 4 nitrogen and oxygen atoms in total. The molecule has 0 spiro atoms. The van der Waals surface area contributed by atoms with Crippen molar-refractivity contribution in [2.24, 2.45) is 7.05 Å². The molecule has 104 valence electrons. The van der Waals surface area contributed by atoms with E-state index in [9.17, 15) is 4.79 Å². The summed E-state index contributed by atoms with van der Waals surface area (Å²) < 4.78 is 1.79. The molecule has 1 heterocycles. The fraction of sp³-hybridized carbons (Fsp3) is 0.250. The summed E-state index contributed by atoms with van der Waals surface area (Å²) in [6.45, 7) is 2.04. The number of carbonyl (C=O) groups is 1. The highest BCUT2D eigenvalue weighted by Gasteiger charge is 2.14. The summed E-state index contributed by atoms with van der Waals surface area (Å²) in [5.74, 6) is -0.0955. The van der Waals surface area contributed by atoms with E-state index in [1.54, 1.807) is 17.0 Å². The molecule has 1 aromatic heterocycles. The lowest BCUT2D eigenvalue weighted by Gasteiger charge is -2.16. The molecule has 4 heteroatoms. The molecule has 0 aliphatic heterocycles. The molecule has 0 aliphatic carbocycles. The standard InChI is InChI=1S/C16H19N3O/c1-3-14(15-11-12-17-19(15)2)18-16(20)10-9-13-7-5-4-6-8-13/h4-12,14H,3H2,1-2H3,(H,18,20)/b10-9+.